The third-order valence-corrected chi connectivity index (χ3v) is 4.59. The molecule has 0 unspecified atom stereocenters. The van der Waals surface area contributed by atoms with Gasteiger partial charge in [-0.15, -0.1) is 5.10 Å². The van der Waals surface area contributed by atoms with Gasteiger partial charge in [0.15, 0.2) is 5.65 Å². The summed E-state index contributed by atoms with van der Waals surface area (Å²) < 4.78 is 1.74. The highest BCUT2D eigenvalue weighted by Gasteiger charge is 2.10. The number of carbonyl (C=O) groups excluding carboxylic acids is 1. The van der Waals surface area contributed by atoms with Gasteiger partial charge in [0.25, 0.3) is 5.91 Å². The van der Waals surface area contributed by atoms with Gasteiger partial charge in [0.2, 0.25) is 5.95 Å². The largest absolute Gasteiger partial charge is 0.356 e. The zero-order valence-electron chi connectivity index (χ0n) is 15.6. The maximum Gasteiger partial charge on any atom is 0.251 e. The van der Waals surface area contributed by atoms with E-state index in [4.69, 9.17) is 0 Å². The molecule has 0 aliphatic rings. The number of nitrogens with zero attached hydrogens (tertiary/aromatic N) is 3. The number of fused-ring (bicyclic) bond motifs is 1. The Morgan fingerprint density at radius 3 is 2.54 bits per heavy atom. The summed E-state index contributed by atoms with van der Waals surface area (Å²) in [6, 6.07) is 21.6. The maximum absolute atomic E-state index is 12.4. The lowest BCUT2D eigenvalue weighted by molar-refractivity contribution is 0.0954. The quantitative estimate of drug-likeness (QED) is 0.545. The van der Waals surface area contributed by atoms with Gasteiger partial charge < -0.3 is 10.6 Å². The van der Waals surface area contributed by atoms with Crippen LogP contribution in [0, 0.1) is 0 Å². The number of hydrogen-bond donors (Lipinski definition) is 2. The van der Waals surface area contributed by atoms with Crippen molar-refractivity contribution in [3.63, 3.8) is 0 Å². The molecule has 2 heterocycles. The van der Waals surface area contributed by atoms with E-state index < -0.39 is 0 Å². The van der Waals surface area contributed by atoms with Gasteiger partial charge in [-0.2, -0.15) is 4.98 Å². The lowest BCUT2D eigenvalue weighted by Gasteiger charge is -2.07. The highest BCUT2D eigenvalue weighted by molar-refractivity contribution is 5.95. The van der Waals surface area contributed by atoms with E-state index in [9.17, 15) is 4.79 Å². The molecule has 0 aliphatic carbocycles. The van der Waals surface area contributed by atoms with Crippen molar-refractivity contribution in [3.8, 4) is 11.1 Å². The van der Waals surface area contributed by atoms with Crippen molar-refractivity contribution in [1.29, 1.82) is 0 Å². The first-order valence-corrected chi connectivity index (χ1v) is 9.20. The molecule has 4 rings (SSSR count). The fourth-order valence-electron chi connectivity index (χ4n) is 3.11. The first kappa shape index (κ1) is 17.7. The Kier molecular flexibility index (Phi) is 5.01. The van der Waals surface area contributed by atoms with Crippen molar-refractivity contribution < 1.29 is 4.79 Å². The Morgan fingerprint density at radius 1 is 1.00 bits per heavy atom. The number of hydrogen-bond acceptors (Lipinski definition) is 4. The lowest BCUT2D eigenvalue weighted by atomic mass is 10.0. The monoisotopic (exact) mass is 371 g/mol. The zero-order chi connectivity index (χ0) is 19.3. The van der Waals surface area contributed by atoms with Crippen LogP contribution in [0.15, 0.2) is 72.9 Å². The maximum atomic E-state index is 12.4. The normalized spacial score (nSPS) is 10.8. The predicted octanol–water partition coefficient (Wildman–Crippen LogP) is 3.41. The smallest absolute Gasteiger partial charge is 0.251 e. The van der Waals surface area contributed by atoms with E-state index in [2.05, 4.69) is 32.8 Å². The van der Waals surface area contributed by atoms with Crippen LogP contribution in [0.3, 0.4) is 0 Å². The third kappa shape index (κ3) is 3.71. The van der Waals surface area contributed by atoms with E-state index in [-0.39, 0.29) is 5.91 Å². The number of amides is 1. The van der Waals surface area contributed by atoms with Gasteiger partial charge in [0.1, 0.15) is 0 Å². The summed E-state index contributed by atoms with van der Waals surface area (Å²) in [5.74, 6) is 0.502. The number of benzene rings is 2. The fourth-order valence-corrected chi connectivity index (χ4v) is 3.11. The van der Waals surface area contributed by atoms with Crippen LogP contribution in [0.4, 0.5) is 5.95 Å². The van der Waals surface area contributed by atoms with Crippen LogP contribution in [-0.4, -0.2) is 34.1 Å². The topological polar surface area (TPSA) is 71.3 Å². The summed E-state index contributed by atoms with van der Waals surface area (Å²) >= 11 is 0. The standard InChI is InChI=1S/C22H21N5O/c1-23-22-25-20-19(8-5-15-27(20)26-22)17-9-11-18(12-10-17)21(28)24-14-13-16-6-3-2-4-7-16/h2-12,15H,13-14H2,1H3,(H,23,26)(H,24,28). The molecule has 1 amide bonds. The van der Waals surface area contributed by atoms with E-state index in [0.29, 0.717) is 18.1 Å². The van der Waals surface area contributed by atoms with Gasteiger partial charge in [-0.3, -0.25) is 4.79 Å². The first-order valence-electron chi connectivity index (χ1n) is 9.20. The molecule has 0 bridgehead atoms. The molecule has 0 aliphatic heterocycles. The molecule has 28 heavy (non-hydrogen) atoms. The van der Waals surface area contributed by atoms with E-state index in [1.54, 1.807) is 11.6 Å². The highest BCUT2D eigenvalue weighted by atomic mass is 16.1. The van der Waals surface area contributed by atoms with Gasteiger partial charge in [-0.25, -0.2) is 4.52 Å². The molecular formula is C22H21N5O. The summed E-state index contributed by atoms with van der Waals surface area (Å²) in [6.45, 7) is 0.608. The van der Waals surface area contributed by atoms with Crippen molar-refractivity contribution in [2.24, 2.45) is 0 Å². The Labute approximate surface area is 163 Å². The molecule has 4 aromatic rings. The number of rotatable bonds is 6. The number of nitrogens with one attached hydrogen (secondary N) is 2. The SMILES string of the molecule is CNc1nc2c(-c3ccc(C(=O)NCCc4ccccc4)cc3)cccn2n1. The Bertz CT molecular complexity index is 1090. The van der Waals surface area contributed by atoms with Crippen molar-refractivity contribution in [3.05, 3.63) is 84.1 Å². The first-order chi connectivity index (χ1) is 13.7. The second kappa shape index (κ2) is 7.92. The molecule has 6 heteroatoms. The molecule has 0 saturated heterocycles. The van der Waals surface area contributed by atoms with Gasteiger partial charge >= 0.3 is 0 Å². The molecule has 2 N–H and O–H groups in total. The number of pyridine rings is 1. The van der Waals surface area contributed by atoms with Crippen LogP contribution in [0.25, 0.3) is 16.8 Å². The Morgan fingerprint density at radius 2 is 1.79 bits per heavy atom. The average Bonchev–Trinajstić information content (AvgIpc) is 3.18. The van der Waals surface area contributed by atoms with Gasteiger partial charge in [0, 0.05) is 30.9 Å². The predicted molar refractivity (Wildman–Crippen MR) is 110 cm³/mol. The van der Waals surface area contributed by atoms with Crippen molar-refractivity contribution in [2.75, 3.05) is 18.9 Å². The van der Waals surface area contributed by atoms with Gasteiger partial charge in [0.05, 0.1) is 0 Å². The van der Waals surface area contributed by atoms with Crippen LogP contribution < -0.4 is 10.6 Å². The van der Waals surface area contributed by atoms with E-state index in [1.165, 1.54) is 5.56 Å². The van der Waals surface area contributed by atoms with Gasteiger partial charge in [-0.05, 0) is 41.8 Å². The molecule has 0 radical (unpaired) electrons. The van der Waals surface area contributed by atoms with E-state index >= 15 is 0 Å². The number of anilines is 1. The molecule has 2 aromatic carbocycles. The second-order valence-corrected chi connectivity index (χ2v) is 6.44. The van der Waals surface area contributed by atoms with Gasteiger partial charge in [-0.1, -0.05) is 42.5 Å². The van der Waals surface area contributed by atoms with Crippen molar-refractivity contribution in [1.82, 2.24) is 19.9 Å². The minimum atomic E-state index is -0.0689. The van der Waals surface area contributed by atoms with Crippen LogP contribution in [0.2, 0.25) is 0 Å². The Hall–Kier alpha value is -3.67. The molecule has 0 spiro atoms. The summed E-state index contributed by atoms with van der Waals surface area (Å²) in [5.41, 5.74) is 4.57. The minimum Gasteiger partial charge on any atom is -0.356 e. The summed E-state index contributed by atoms with van der Waals surface area (Å²) in [4.78, 5) is 16.9. The lowest BCUT2D eigenvalue weighted by Crippen LogP contribution is -2.25. The summed E-state index contributed by atoms with van der Waals surface area (Å²) in [5, 5.41) is 10.3. The minimum absolute atomic E-state index is 0.0689. The van der Waals surface area contributed by atoms with Crippen molar-refractivity contribution >= 4 is 17.5 Å². The summed E-state index contributed by atoms with van der Waals surface area (Å²) in [6.07, 6.45) is 2.68. The fraction of sp³-hybridized carbons (Fsp3) is 0.136. The molecule has 140 valence electrons. The Balaban J connectivity index is 1.46. The summed E-state index contributed by atoms with van der Waals surface area (Å²) in [7, 11) is 1.79. The zero-order valence-corrected chi connectivity index (χ0v) is 15.6. The van der Waals surface area contributed by atoms with Crippen LogP contribution in [0.5, 0.6) is 0 Å². The second-order valence-electron chi connectivity index (χ2n) is 6.44. The van der Waals surface area contributed by atoms with Crippen LogP contribution >= 0.6 is 0 Å². The average molecular weight is 371 g/mol. The third-order valence-electron chi connectivity index (χ3n) is 4.59. The number of carbonyl (C=O) groups is 1. The molecule has 2 aromatic heterocycles. The number of aromatic nitrogens is 3. The molecule has 6 nitrogen and oxygen atoms in total. The molecule has 0 atom stereocenters. The van der Waals surface area contributed by atoms with Crippen LogP contribution in [-0.2, 0) is 6.42 Å². The molecule has 0 fully saturated rings. The van der Waals surface area contributed by atoms with Crippen molar-refractivity contribution in [2.45, 2.75) is 6.42 Å². The molecular weight excluding hydrogens is 350 g/mol. The van der Waals surface area contributed by atoms with E-state index in [1.807, 2.05) is 60.8 Å². The highest BCUT2D eigenvalue weighted by Crippen LogP contribution is 2.24. The molecule has 0 saturated carbocycles. The van der Waals surface area contributed by atoms with Crippen LogP contribution in [0.1, 0.15) is 15.9 Å². The van der Waals surface area contributed by atoms with E-state index in [0.717, 1.165) is 23.2 Å².